The molecule has 1 aliphatic rings. The molecule has 1 aliphatic carbocycles. The zero-order chi connectivity index (χ0) is 17.5. The Morgan fingerprint density at radius 1 is 1.33 bits per heavy atom. The lowest BCUT2D eigenvalue weighted by atomic mass is 9.85. The number of aromatic nitrogens is 2. The van der Waals surface area contributed by atoms with Gasteiger partial charge in [-0.05, 0) is 37.5 Å². The molecular formula is C14H13Cl2N2O5P-2. The van der Waals surface area contributed by atoms with E-state index in [0.717, 1.165) is 0 Å². The van der Waals surface area contributed by atoms with Crippen LogP contribution in [0.4, 0.5) is 0 Å². The van der Waals surface area contributed by atoms with Gasteiger partial charge >= 0.3 is 0 Å². The van der Waals surface area contributed by atoms with Gasteiger partial charge in [-0.1, -0.05) is 11.6 Å². The highest BCUT2D eigenvalue weighted by atomic mass is 35.5. The van der Waals surface area contributed by atoms with Crippen molar-refractivity contribution in [3.8, 4) is 0 Å². The van der Waals surface area contributed by atoms with E-state index in [0.29, 0.717) is 28.8 Å². The minimum Gasteiger partial charge on any atom is -0.790 e. The summed E-state index contributed by atoms with van der Waals surface area (Å²) in [6, 6.07) is 4.69. The van der Waals surface area contributed by atoms with Gasteiger partial charge in [-0.25, -0.2) is 4.98 Å². The molecule has 1 fully saturated rings. The lowest BCUT2D eigenvalue weighted by molar-refractivity contribution is -0.345. The van der Waals surface area contributed by atoms with Gasteiger partial charge in [0.05, 0.1) is 24.8 Å². The van der Waals surface area contributed by atoms with Gasteiger partial charge in [0.1, 0.15) is 5.82 Å². The molecule has 1 N–H and O–H groups in total. The molecule has 2 aromatic rings. The third-order valence-corrected chi connectivity index (χ3v) is 5.18. The molecule has 3 rings (SSSR count). The van der Waals surface area contributed by atoms with E-state index in [2.05, 4.69) is 14.5 Å². The van der Waals surface area contributed by atoms with E-state index in [1.165, 1.54) is 6.07 Å². The number of nitrogens with one attached hydrogen (secondary N) is 1. The van der Waals surface area contributed by atoms with Gasteiger partial charge in [0.15, 0.2) is 0 Å². The summed E-state index contributed by atoms with van der Waals surface area (Å²) in [6.07, 6.45) is 0.244. The molecule has 3 atom stereocenters. The van der Waals surface area contributed by atoms with Crippen LogP contribution in [0, 0.1) is 0 Å². The molecule has 0 saturated heterocycles. The topological polar surface area (TPSA) is 118 Å². The molecule has 0 spiro atoms. The fourth-order valence-electron chi connectivity index (χ4n) is 2.98. The van der Waals surface area contributed by atoms with Crippen LogP contribution < -0.4 is 15.3 Å². The smallest absolute Gasteiger partial charge is 0.258 e. The van der Waals surface area contributed by atoms with Crippen LogP contribution >= 0.6 is 31.0 Å². The number of hydrogen-bond acceptors (Lipinski definition) is 6. The van der Waals surface area contributed by atoms with E-state index in [1.54, 1.807) is 12.1 Å². The van der Waals surface area contributed by atoms with Crippen molar-refractivity contribution < 1.29 is 18.9 Å². The van der Waals surface area contributed by atoms with Gasteiger partial charge in [0.2, 0.25) is 0 Å². The number of H-pyrrole nitrogens is 1. The Labute approximate surface area is 147 Å². The SMILES string of the molecule is O=c1[nH]c(C2CC(Cl)CCC2OP(=O)([O-])[O-])nc2ccc(Cl)cc12. The van der Waals surface area contributed by atoms with E-state index >= 15 is 0 Å². The Hall–Kier alpha value is -0.950. The molecule has 3 unspecified atom stereocenters. The van der Waals surface area contributed by atoms with E-state index in [-0.39, 0.29) is 17.6 Å². The lowest BCUT2D eigenvalue weighted by Gasteiger charge is -2.39. The van der Waals surface area contributed by atoms with Gasteiger partial charge in [-0.2, -0.15) is 0 Å². The van der Waals surface area contributed by atoms with E-state index < -0.39 is 25.4 Å². The average molecular weight is 391 g/mol. The first kappa shape index (κ1) is 17.9. The molecule has 130 valence electrons. The number of halogens is 2. The van der Waals surface area contributed by atoms with Gasteiger partial charge in [-0.15, -0.1) is 11.6 Å². The Morgan fingerprint density at radius 3 is 2.79 bits per heavy atom. The molecule has 24 heavy (non-hydrogen) atoms. The summed E-state index contributed by atoms with van der Waals surface area (Å²) in [4.78, 5) is 41.2. The zero-order valence-corrected chi connectivity index (χ0v) is 14.7. The van der Waals surface area contributed by atoms with Gasteiger partial charge in [0.25, 0.3) is 5.56 Å². The first-order valence-corrected chi connectivity index (χ1v) is 9.54. The van der Waals surface area contributed by atoms with Crippen molar-refractivity contribution in [1.82, 2.24) is 9.97 Å². The number of nitrogens with zero attached hydrogens (tertiary/aromatic N) is 1. The van der Waals surface area contributed by atoms with Crippen LogP contribution in [0.5, 0.6) is 0 Å². The largest absolute Gasteiger partial charge is 0.790 e. The van der Waals surface area contributed by atoms with Crippen LogP contribution in [-0.4, -0.2) is 21.4 Å². The van der Waals surface area contributed by atoms with Crippen molar-refractivity contribution in [1.29, 1.82) is 0 Å². The Bertz CT molecular complexity index is 868. The Morgan fingerprint density at radius 2 is 2.08 bits per heavy atom. The molecular weight excluding hydrogens is 378 g/mol. The predicted molar refractivity (Wildman–Crippen MR) is 86.1 cm³/mol. The third kappa shape index (κ3) is 3.99. The summed E-state index contributed by atoms with van der Waals surface area (Å²) >= 11 is 12.0. The number of fused-ring (bicyclic) bond motifs is 1. The first-order valence-electron chi connectivity index (χ1n) is 7.27. The zero-order valence-electron chi connectivity index (χ0n) is 12.3. The number of phosphoric acid groups is 1. The summed E-state index contributed by atoms with van der Waals surface area (Å²) < 4.78 is 15.7. The predicted octanol–water partition coefficient (Wildman–Crippen LogP) is 1.67. The number of benzene rings is 1. The molecule has 0 radical (unpaired) electrons. The fourth-order valence-corrected chi connectivity index (χ4v) is 4.05. The van der Waals surface area contributed by atoms with Crippen molar-refractivity contribution >= 4 is 41.9 Å². The molecule has 1 heterocycles. The quantitative estimate of drug-likeness (QED) is 0.628. The molecule has 1 saturated carbocycles. The maximum Gasteiger partial charge on any atom is 0.258 e. The standard InChI is InChI=1S/C14H15Cl2N2O5P/c15-7-1-3-11-9(5-7)14(19)18-13(17-11)10-6-8(16)2-4-12(10)23-24(20,21)22/h1,3,5,8,10,12H,2,4,6H2,(H,17,18,19)(H2,20,21,22)/p-2. The molecule has 0 amide bonds. The summed E-state index contributed by atoms with van der Waals surface area (Å²) in [6.45, 7) is 0. The summed E-state index contributed by atoms with van der Waals surface area (Å²) in [7, 11) is -5.16. The van der Waals surface area contributed by atoms with Gasteiger partial charge < -0.3 is 23.9 Å². The number of phosphoric ester groups is 1. The highest BCUT2D eigenvalue weighted by Crippen LogP contribution is 2.41. The molecule has 0 aliphatic heterocycles. The highest BCUT2D eigenvalue weighted by Gasteiger charge is 2.34. The number of rotatable bonds is 3. The van der Waals surface area contributed by atoms with Crippen LogP contribution in [0.1, 0.15) is 31.0 Å². The minimum atomic E-state index is -5.16. The second-order valence-electron chi connectivity index (χ2n) is 5.72. The highest BCUT2D eigenvalue weighted by molar-refractivity contribution is 7.43. The van der Waals surface area contributed by atoms with Gasteiger partial charge in [-0.3, -0.25) is 4.79 Å². The maximum absolute atomic E-state index is 12.3. The second-order valence-corrected chi connectivity index (χ2v) is 7.88. The van der Waals surface area contributed by atoms with Crippen LogP contribution in [0.2, 0.25) is 5.02 Å². The van der Waals surface area contributed by atoms with Crippen molar-refractivity contribution in [3.05, 3.63) is 39.4 Å². The van der Waals surface area contributed by atoms with Gasteiger partial charge in [0, 0.05) is 16.3 Å². The van der Waals surface area contributed by atoms with E-state index in [1.807, 2.05) is 0 Å². The minimum absolute atomic E-state index is 0.223. The average Bonchev–Trinajstić information content (AvgIpc) is 2.48. The van der Waals surface area contributed by atoms with E-state index in [4.69, 9.17) is 23.2 Å². The fraction of sp³-hybridized carbons (Fsp3) is 0.429. The second kappa shape index (κ2) is 6.75. The third-order valence-electron chi connectivity index (χ3n) is 4.02. The van der Waals surface area contributed by atoms with Crippen LogP contribution in [0.3, 0.4) is 0 Å². The molecule has 0 bridgehead atoms. The van der Waals surface area contributed by atoms with Crippen LogP contribution in [-0.2, 0) is 9.09 Å². The number of hydrogen-bond donors (Lipinski definition) is 1. The summed E-state index contributed by atoms with van der Waals surface area (Å²) in [5.74, 6) is -0.344. The van der Waals surface area contributed by atoms with E-state index in [9.17, 15) is 19.1 Å². The van der Waals surface area contributed by atoms with Crippen molar-refractivity contribution in [3.63, 3.8) is 0 Å². The van der Waals surface area contributed by atoms with Crippen LogP contribution in [0.15, 0.2) is 23.0 Å². The molecule has 1 aromatic carbocycles. The van der Waals surface area contributed by atoms with Crippen molar-refractivity contribution in [2.24, 2.45) is 0 Å². The molecule has 7 nitrogen and oxygen atoms in total. The Kier molecular flexibility index (Phi) is 5.02. The van der Waals surface area contributed by atoms with Crippen molar-refractivity contribution in [2.75, 3.05) is 0 Å². The number of aromatic amines is 1. The lowest BCUT2D eigenvalue weighted by Crippen LogP contribution is -2.34. The molecule has 10 heteroatoms. The Balaban J connectivity index is 2.03. The normalized spacial score (nSPS) is 25.1. The van der Waals surface area contributed by atoms with Crippen molar-refractivity contribution in [2.45, 2.75) is 36.7 Å². The summed E-state index contributed by atoms with van der Waals surface area (Å²) in [5.41, 5.74) is 0.0152. The maximum atomic E-state index is 12.3. The number of alkyl halides is 1. The first-order chi connectivity index (χ1) is 11.2. The van der Waals surface area contributed by atoms with Crippen LogP contribution in [0.25, 0.3) is 10.9 Å². The molecule has 1 aromatic heterocycles. The summed E-state index contributed by atoms with van der Waals surface area (Å²) in [5, 5.41) is 0.500. The monoisotopic (exact) mass is 390 g/mol.